The molecule has 1 atom stereocenters. The van der Waals surface area contributed by atoms with Crippen molar-refractivity contribution in [2.24, 2.45) is 5.92 Å². The number of hydrogen-bond donors (Lipinski definition) is 2. The highest BCUT2D eigenvalue weighted by Gasteiger charge is 2.31. The molecule has 1 aromatic carbocycles. The van der Waals surface area contributed by atoms with E-state index in [1.165, 1.54) is 30.2 Å². The smallest absolute Gasteiger partial charge is 0.422 e. The molecule has 2 N–H and O–H groups in total. The van der Waals surface area contributed by atoms with E-state index in [0.717, 1.165) is 0 Å². The lowest BCUT2D eigenvalue weighted by atomic mass is 10.1. The minimum atomic E-state index is -4.51. The minimum Gasteiger partial charge on any atom is -0.493 e. The van der Waals surface area contributed by atoms with Crippen molar-refractivity contribution in [2.75, 3.05) is 32.1 Å². The van der Waals surface area contributed by atoms with Crippen molar-refractivity contribution in [3.63, 3.8) is 0 Å². The van der Waals surface area contributed by atoms with E-state index in [4.69, 9.17) is 14.6 Å². The van der Waals surface area contributed by atoms with Crippen LogP contribution in [-0.4, -0.2) is 55.0 Å². The van der Waals surface area contributed by atoms with E-state index in [2.05, 4.69) is 5.32 Å². The Morgan fingerprint density at radius 1 is 1.36 bits per heavy atom. The molecule has 0 bridgehead atoms. The van der Waals surface area contributed by atoms with E-state index in [-0.39, 0.29) is 30.3 Å². The number of nitrogens with zero attached hydrogens (tertiary/aromatic N) is 1. The van der Waals surface area contributed by atoms with Crippen LogP contribution in [0, 0.1) is 5.92 Å². The molecular weight excluding hydrogens is 345 g/mol. The van der Waals surface area contributed by atoms with Crippen molar-refractivity contribution in [3.05, 3.63) is 18.2 Å². The van der Waals surface area contributed by atoms with Crippen LogP contribution >= 0.6 is 0 Å². The summed E-state index contributed by atoms with van der Waals surface area (Å²) in [5, 5.41) is 11.5. The molecule has 138 valence electrons. The van der Waals surface area contributed by atoms with Crippen LogP contribution in [0.4, 0.5) is 23.7 Å². The summed E-state index contributed by atoms with van der Waals surface area (Å²) in [6.45, 7) is -1.13. The second-order valence-corrected chi connectivity index (χ2v) is 5.47. The van der Waals surface area contributed by atoms with E-state index in [0.29, 0.717) is 6.42 Å². The summed E-state index contributed by atoms with van der Waals surface area (Å²) in [7, 11) is 1.28. The molecule has 2 rings (SSSR count). The van der Waals surface area contributed by atoms with Gasteiger partial charge in [-0.1, -0.05) is 0 Å². The van der Waals surface area contributed by atoms with Crippen LogP contribution in [0.15, 0.2) is 18.2 Å². The van der Waals surface area contributed by atoms with Crippen LogP contribution < -0.4 is 14.8 Å². The largest absolute Gasteiger partial charge is 0.493 e. The number of carboxylic acid groups (broad SMARTS) is 1. The molecule has 0 spiro atoms. The molecule has 1 aliphatic heterocycles. The van der Waals surface area contributed by atoms with Gasteiger partial charge in [-0.15, -0.1) is 0 Å². The number of rotatable bonds is 5. The second kappa shape index (κ2) is 7.49. The first kappa shape index (κ1) is 18.7. The molecule has 0 saturated carbocycles. The predicted octanol–water partition coefficient (Wildman–Crippen LogP) is 2.57. The first-order valence-corrected chi connectivity index (χ1v) is 7.36. The van der Waals surface area contributed by atoms with Crippen LogP contribution in [0.2, 0.25) is 0 Å². The lowest BCUT2D eigenvalue weighted by Gasteiger charge is -2.18. The van der Waals surface area contributed by atoms with Crippen LogP contribution in [0.5, 0.6) is 11.5 Å². The predicted molar refractivity (Wildman–Crippen MR) is 80.9 cm³/mol. The Morgan fingerprint density at radius 2 is 2.08 bits per heavy atom. The third-order valence-electron chi connectivity index (χ3n) is 3.63. The van der Waals surface area contributed by atoms with Gasteiger partial charge in [-0.25, -0.2) is 4.79 Å². The van der Waals surface area contributed by atoms with E-state index >= 15 is 0 Å². The monoisotopic (exact) mass is 362 g/mol. The molecule has 1 heterocycles. The Morgan fingerprint density at radius 3 is 2.64 bits per heavy atom. The number of carboxylic acids is 1. The molecule has 1 aliphatic rings. The number of amides is 2. The summed E-state index contributed by atoms with van der Waals surface area (Å²) in [4.78, 5) is 24.4. The van der Waals surface area contributed by atoms with E-state index in [9.17, 15) is 22.8 Å². The normalized spacial score (nSPS) is 17.3. The van der Waals surface area contributed by atoms with Gasteiger partial charge in [0, 0.05) is 24.8 Å². The zero-order chi connectivity index (χ0) is 18.6. The highest BCUT2D eigenvalue weighted by atomic mass is 19.4. The molecule has 7 nitrogen and oxygen atoms in total. The maximum absolute atomic E-state index is 12.3. The third kappa shape index (κ3) is 5.16. The number of hydrogen-bond acceptors (Lipinski definition) is 4. The van der Waals surface area contributed by atoms with Gasteiger partial charge in [0.25, 0.3) is 0 Å². The van der Waals surface area contributed by atoms with E-state index in [1.807, 2.05) is 0 Å². The van der Waals surface area contributed by atoms with Crippen molar-refractivity contribution in [3.8, 4) is 11.5 Å². The standard InChI is InChI=1S/C15H17F3N2O5/c1-24-11-3-2-10(6-12(11)25-8-15(16,17)18)19-14(23)20-5-4-9(7-20)13(21)22/h2-3,6,9H,4-5,7-8H2,1H3,(H,19,23)(H,21,22). The van der Waals surface area contributed by atoms with Gasteiger partial charge in [0.1, 0.15) is 0 Å². The maximum Gasteiger partial charge on any atom is 0.422 e. The van der Waals surface area contributed by atoms with Crippen molar-refractivity contribution in [2.45, 2.75) is 12.6 Å². The summed E-state index contributed by atoms with van der Waals surface area (Å²) in [6, 6.07) is 3.50. The lowest BCUT2D eigenvalue weighted by Crippen LogP contribution is -2.33. The molecule has 25 heavy (non-hydrogen) atoms. The number of urea groups is 1. The molecule has 1 fully saturated rings. The van der Waals surface area contributed by atoms with Gasteiger partial charge in [-0.3, -0.25) is 4.79 Å². The highest BCUT2D eigenvalue weighted by Crippen LogP contribution is 2.32. The zero-order valence-electron chi connectivity index (χ0n) is 13.3. The first-order valence-electron chi connectivity index (χ1n) is 7.36. The fourth-order valence-corrected chi connectivity index (χ4v) is 2.38. The number of nitrogens with one attached hydrogen (secondary N) is 1. The molecule has 1 unspecified atom stereocenters. The lowest BCUT2D eigenvalue weighted by molar-refractivity contribution is -0.153. The Kier molecular flexibility index (Phi) is 5.60. The number of methoxy groups -OCH3 is 1. The van der Waals surface area contributed by atoms with Crippen LogP contribution in [-0.2, 0) is 4.79 Å². The summed E-state index contributed by atoms with van der Waals surface area (Å²) in [5.74, 6) is -1.66. The number of carbonyl (C=O) groups excluding carboxylic acids is 1. The highest BCUT2D eigenvalue weighted by molar-refractivity contribution is 5.90. The van der Waals surface area contributed by atoms with Crippen molar-refractivity contribution >= 4 is 17.7 Å². The second-order valence-electron chi connectivity index (χ2n) is 5.47. The number of halogens is 3. The van der Waals surface area contributed by atoms with Crippen LogP contribution in [0.1, 0.15) is 6.42 Å². The molecule has 0 aromatic heterocycles. The molecule has 0 aliphatic carbocycles. The van der Waals surface area contributed by atoms with Gasteiger partial charge >= 0.3 is 18.2 Å². The topological polar surface area (TPSA) is 88.1 Å². The molecular formula is C15H17F3N2O5. The Bertz CT molecular complexity index is 651. The number of likely N-dealkylation sites (tertiary alicyclic amines) is 1. The quantitative estimate of drug-likeness (QED) is 0.841. The molecule has 10 heteroatoms. The Balaban J connectivity index is 2.04. The molecule has 2 amide bonds. The summed E-state index contributed by atoms with van der Waals surface area (Å²) in [6.07, 6.45) is -4.16. The number of benzene rings is 1. The number of aliphatic carboxylic acids is 1. The number of anilines is 1. The maximum atomic E-state index is 12.3. The minimum absolute atomic E-state index is 0.0781. The molecule has 0 radical (unpaired) electrons. The third-order valence-corrected chi connectivity index (χ3v) is 3.63. The fourth-order valence-electron chi connectivity index (χ4n) is 2.38. The average molecular weight is 362 g/mol. The van der Waals surface area contributed by atoms with Crippen molar-refractivity contribution < 1.29 is 37.3 Å². The number of ether oxygens (including phenoxy) is 2. The summed E-state index contributed by atoms with van der Waals surface area (Å²) >= 11 is 0. The van der Waals surface area contributed by atoms with Gasteiger partial charge in [0.05, 0.1) is 13.0 Å². The number of alkyl halides is 3. The van der Waals surface area contributed by atoms with E-state index in [1.54, 1.807) is 0 Å². The number of carbonyl (C=O) groups is 2. The van der Waals surface area contributed by atoms with E-state index < -0.39 is 30.7 Å². The van der Waals surface area contributed by atoms with Gasteiger partial charge in [-0.2, -0.15) is 13.2 Å². The molecule has 1 saturated heterocycles. The fraction of sp³-hybridized carbons (Fsp3) is 0.467. The Hall–Kier alpha value is -2.65. The summed E-state index contributed by atoms with van der Waals surface area (Å²) in [5.41, 5.74) is 0.210. The first-order chi connectivity index (χ1) is 11.7. The van der Waals surface area contributed by atoms with Crippen molar-refractivity contribution in [1.29, 1.82) is 0 Å². The van der Waals surface area contributed by atoms with Crippen molar-refractivity contribution in [1.82, 2.24) is 4.90 Å². The van der Waals surface area contributed by atoms with Gasteiger partial charge < -0.3 is 24.8 Å². The molecule has 1 aromatic rings. The van der Waals surface area contributed by atoms with Gasteiger partial charge in [0.15, 0.2) is 18.1 Å². The zero-order valence-corrected chi connectivity index (χ0v) is 13.3. The summed E-state index contributed by atoms with van der Waals surface area (Å²) < 4.78 is 46.5. The van der Waals surface area contributed by atoms with Crippen LogP contribution in [0.3, 0.4) is 0 Å². The average Bonchev–Trinajstić information content (AvgIpc) is 3.03. The SMILES string of the molecule is COc1ccc(NC(=O)N2CCC(C(=O)O)C2)cc1OCC(F)(F)F. The van der Waals surface area contributed by atoms with Gasteiger partial charge in [-0.05, 0) is 18.6 Å². The van der Waals surface area contributed by atoms with Gasteiger partial charge in [0.2, 0.25) is 0 Å². The van der Waals surface area contributed by atoms with Crippen LogP contribution in [0.25, 0.3) is 0 Å². The Labute approximate surface area is 141 Å².